The van der Waals surface area contributed by atoms with E-state index in [0.29, 0.717) is 0 Å². The van der Waals surface area contributed by atoms with Crippen molar-refractivity contribution in [2.45, 2.75) is 25.3 Å². The Morgan fingerprint density at radius 1 is 1.47 bits per heavy atom. The number of hydrogen-bond acceptors (Lipinski definition) is 2. The minimum atomic E-state index is -0.615. The van der Waals surface area contributed by atoms with Crippen molar-refractivity contribution in [2.24, 2.45) is 5.73 Å². The normalized spacial score (nSPS) is 17.3. The van der Waals surface area contributed by atoms with E-state index in [1.165, 1.54) is 0 Å². The van der Waals surface area contributed by atoms with E-state index >= 15 is 0 Å². The summed E-state index contributed by atoms with van der Waals surface area (Å²) in [4.78, 5) is 11.7. The zero-order valence-electron chi connectivity index (χ0n) is 8.51. The first-order valence-corrected chi connectivity index (χ1v) is 5.66. The van der Waals surface area contributed by atoms with Crippen molar-refractivity contribution in [2.75, 3.05) is 5.32 Å². The van der Waals surface area contributed by atoms with Gasteiger partial charge >= 0.3 is 0 Å². The molecule has 0 atom stereocenters. The predicted molar refractivity (Wildman–Crippen MR) is 63.7 cm³/mol. The second-order valence-electron chi connectivity index (χ2n) is 4.13. The molecule has 0 aromatic heterocycles. The Morgan fingerprint density at radius 2 is 2.13 bits per heavy atom. The molecule has 80 valence electrons. The minimum absolute atomic E-state index is 0.0833. The first-order chi connectivity index (χ1) is 6.99. The second-order valence-corrected chi connectivity index (χ2v) is 5.04. The van der Waals surface area contributed by atoms with Crippen molar-refractivity contribution >= 4 is 27.5 Å². The summed E-state index contributed by atoms with van der Waals surface area (Å²) >= 11 is 3.39. The second kappa shape index (κ2) is 3.61. The molecule has 1 aliphatic rings. The van der Waals surface area contributed by atoms with Gasteiger partial charge in [0.2, 0.25) is 5.91 Å². The Balaban J connectivity index is 2.13. The van der Waals surface area contributed by atoms with Gasteiger partial charge in [0.25, 0.3) is 0 Å². The smallest absolute Gasteiger partial charge is 0.244 e. The number of rotatable bonds is 2. The van der Waals surface area contributed by atoms with Crippen molar-refractivity contribution in [1.29, 1.82) is 0 Å². The maximum absolute atomic E-state index is 11.7. The fraction of sp³-hybridized carbons (Fsp3) is 0.364. The number of hydrogen-bond donors (Lipinski definition) is 2. The monoisotopic (exact) mass is 268 g/mol. The zero-order valence-corrected chi connectivity index (χ0v) is 10.1. The summed E-state index contributed by atoms with van der Waals surface area (Å²) in [7, 11) is 0. The number of nitrogens with one attached hydrogen (secondary N) is 1. The molecule has 0 unspecified atom stereocenters. The van der Waals surface area contributed by atoms with Crippen molar-refractivity contribution in [3.8, 4) is 0 Å². The van der Waals surface area contributed by atoms with Crippen LogP contribution in [0.3, 0.4) is 0 Å². The molecule has 0 bridgehead atoms. The van der Waals surface area contributed by atoms with Crippen LogP contribution >= 0.6 is 15.9 Å². The van der Waals surface area contributed by atoms with Gasteiger partial charge < -0.3 is 11.1 Å². The molecular weight excluding hydrogens is 256 g/mol. The molecule has 0 saturated heterocycles. The number of halogens is 1. The lowest BCUT2D eigenvalue weighted by molar-refractivity contribution is -0.118. The fourth-order valence-corrected chi connectivity index (χ4v) is 2.03. The number of nitrogens with two attached hydrogens (primary N) is 1. The van der Waals surface area contributed by atoms with Gasteiger partial charge in [0, 0.05) is 10.2 Å². The lowest BCUT2D eigenvalue weighted by atomic mass is 10.2. The van der Waals surface area contributed by atoms with Crippen molar-refractivity contribution in [3.05, 3.63) is 28.2 Å². The number of anilines is 1. The largest absolute Gasteiger partial charge is 0.324 e. The van der Waals surface area contributed by atoms with Crippen LogP contribution in [0.25, 0.3) is 0 Å². The van der Waals surface area contributed by atoms with E-state index in [4.69, 9.17) is 5.73 Å². The van der Waals surface area contributed by atoms with Crippen LogP contribution in [0.5, 0.6) is 0 Å². The maximum atomic E-state index is 11.7. The summed E-state index contributed by atoms with van der Waals surface area (Å²) in [6.07, 6.45) is 1.57. The molecule has 0 spiro atoms. The van der Waals surface area contributed by atoms with Gasteiger partial charge in [0.15, 0.2) is 0 Å². The number of aryl methyl sites for hydroxylation is 1. The van der Waals surface area contributed by atoms with E-state index in [9.17, 15) is 4.79 Å². The Labute approximate surface area is 97.2 Å². The van der Waals surface area contributed by atoms with E-state index in [1.807, 2.05) is 25.1 Å². The topological polar surface area (TPSA) is 55.1 Å². The highest BCUT2D eigenvalue weighted by atomic mass is 79.9. The third-order valence-corrected chi connectivity index (χ3v) is 3.00. The Bertz CT molecular complexity index is 393. The number of carbonyl (C=O) groups is 1. The zero-order chi connectivity index (χ0) is 11.1. The van der Waals surface area contributed by atoms with Crippen LogP contribution in [0.15, 0.2) is 22.7 Å². The molecule has 2 rings (SSSR count). The van der Waals surface area contributed by atoms with Crippen molar-refractivity contribution in [3.63, 3.8) is 0 Å². The first-order valence-electron chi connectivity index (χ1n) is 4.87. The Kier molecular flexibility index (Phi) is 2.56. The van der Waals surface area contributed by atoms with Crippen LogP contribution < -0.4 is 11.1 Å². The van der Waals surface area contributed by atoms with Crippen molar-refractivity contribution in [1.82, 2.24) is 0 Å². The summed E-state index contributed by atoms with van der Waals surface area (Å²) in [5.74, 6) is -0.0833. The molecule has 0 radical (unpaired) electrons. The van der Waals surface area contributed by atoms with E-state index in [2.05, 4.69) is 21.2 Å². The van der Waals surface area contributed by atoms with Gasteiger partial charge in [-0.1, -0.05) is 15.9 Å². The molecule has 1 aliphatic carbocycles. The molecular formula is C11H13BrN2O. The van der Waals surface area contributed by atoms with Crippen LogP contribution in [0.4, 0.5) is 5.69 Å². The number of amides is 1. The quantitative estimate of drug-likeness (QED) is 0.864. The van der Waals surface area contributed by atoms with Gasteiger partial charge in [-0.2, -0.15) is 0 Å². The first kappa shape index (κ1) is 10.6. The summed E-state index contributed by atoms with van der Waals surface area (Å²) in [5.41, 5.74) is 7.07. The predicted octanol–water partition coefficient (Wildman–Crippen LogP) is 2.19. The van der Waals surface area contributed by atoms with E-state index in [0.717, 1.165) is 28.6 Å². The fourth-order valence-electron chi connectivity index (χ4n) is 1.43. The summed E-state index contributed by atoms with van der Waals surface area (Å²) < 4.78 is 0.958. The molecule has 0 aliphatic heterocycles. The molecule has 1 saturated carbocycles. The standard InChI is InChI=1S/C11H13BrN2O/c1-7-4-8(12)6-9(5-7)14-10(15)11(13)2-3-11/h4-6H,2-3,13H2,1H3,(H,14,15). The van der Waals surface area contributed by atoms with Gasteiger partial charge in [0.05, 0.1) is 5.54 Å². The molecule has 0 heterocycles. The van der Waals surface area contributed by atoms with Gasteiger partial charge in [-0.3, -0.25) is 4.79 Å². The van der Waals surface area contributed by atoms with Gasteiger partial charge in [0.1, 0.15) is 0 Å². The summed E-state index contributed by atoms with van der Waals surface area (Å²) in [5, 5.41) is 2.83. The van der Waals surface area contributed by atoms with Crippen LogP contribution in [-0.2, 0) is 4.79 Å². The molecule has 1 amide bonds. The molecule has 15 heavy (non-hydrogen) atoms. The lowest BCUT2D eigenvalue weighted by Crippen LogP contribution is -2.37. The number of carbonyl (C=O) groups excluding carboxylic acids is 1. The van der Waals surface area contributed by atoms with E-state index in [1.54, 1.807) is 0 Å². The molecule has 1 aromatic carbocycles. The summed E-state index contributed by atoms with van der Waals surface area (Å²) in [6, 6.07) is 5.79. The average molecular weight is 269 g/mol. The molecule has 1 fully saturated rings. The number of benzene rings is 1. The van der Waals surface area contributed by atoms with Crippen LogP contribution in [0.2, 0.25) is 0 Å². The SMILES string of the molecule is Cc1cc(Br)cc(NC(=O)C2(N)CC2)c1. The van der Waals surface area contributed by atoms with Crippen LogP contribution in [0, 0.1) is 6.92 Å². The summed E-state index contributed by atoms with van der Waals surface area (Å²) in [6.45, 7) is 1.98. The van der Waals surface area contributed by atoms with E-state index in [-0.39, 0.29) is 5.91 Å². The molecule has 1 aromatic rings. The maximum Gasteiger partial charge on any atom is 0.244 e. The Hall–Kier alpha value is -0.870. The Morgan fingerprint density at radius 3 is 2.67 bits per heavy atom. The molecule has 3 nitrogen and oxygen atoms in total. The highest BCUT2D eigenvalue weighted by molar-refractivity contribution is 9.10. The third-order valence-electron chi connectivity index (χ3n) is 2.54. The van der Waals surface area contributed by atoms with Crippen LogP contribution in [0.1, 0.15) is 18.4 Å². The van der Waals surface area contributed by atoms with Crippen molar-refractivity contribution < 1.29 is 4.79 Å². The highest BCUT2D eigenvalue weighted by Gasteiger charge is 2.45. The third kappa shape index (κ3) is 2.38. The van der Waals surface area contributed by atoms with E-state index < -0.39 is 5.54 Å². The van der Waals surface area contributed by atoms with Gasteiger partial charge in [-0.15, -0.1) is 0 Å². The average Bonchev–Trinajstić information content (AvgIpc) is 2.83. The molecule has 3 N–H and O–H groups in total. The molecule has 4 heteroatoms. The minimum Gasteiger partial charge on any atom is -0.324 e. The highest BCUT2D eigenvalue weighted by Crippen LogP contribution is 2.33. The van der Waals surface area contributed by atoms with Gasteiger partial charge in [-0.25, -0.2) is 0 Å². The van der Waals surface area contributed by atoms with Gasteiger partial charge in [-0.05, 0) is 43.5 Å². The van der Waals surface area contributed by atoms with Crippen LogP contribution in [-0.4, -0.2) is 11.4 Å². The lowest BCUT2D eigenvalue weighted by Gasteiger charge is -2.10.